The Morgan fingerprint density at radius 2 is 1.61 bits per heavy atom. The molecule has 1 fully saturated rings. The SMILES string of the molecule is COc1ccccc1OCCN1CCN(c2cnn(CCCCn3ncccc3=O)c(=O)c2Cl)CC1. The number of ether oxygens (including phenoxy) is 2. The second kappa shape index (κ2) is 12.5. The number of aryl methyl sites for hydroxylation is 2. The Kier molecular flexibility index (Phi) is 8.96. The zero-order chi connectivity index (χ0) is 25.3. The van der Waals surface area contributed by atoms with Crippen LogP contribution in [0.15, 0.2) is 58.4 Å². The maximum Gasteiger partial charge on any atom is 0.287 e. The molecule has 192 valence electrons. The Morgan fingerprint density at radius 1 is 0.889 bits per heavy atom. The molecule has 2 aromatic heterocycles. The van der Waals surface area contributed by atoms with Crippen LogP contribution in [0.2, 0.25) is 5.02 Å². The minimum absolute atomic E-state index is 0.135. The molecule has 0 radical (unpaired) electrons. The van der Waals surface area contributed by atoms with Crippen LogP contribution >= 0.6 is 11.6 Å². The lowest BCUT2D eigenvalue weighted by molar-refractivity contribution is 0.197. The number of methoxy groups -OCH3 is 1. The summed E-state index contributed by atoms with van der Waals surface area (Å²) in [6, 6.07) is 10.7. The van der Waals surface area contributed by atoms with Gasteiger partial charge in [0, 0.05) is 58.1 Å². The molecule has 1 aliphatic rings. The summed E-state index contributed by atoms with van der Waals surface area (Å²) in [6.45, 7) is 5.45. The van der Waals surface area contributed by atoms with Crippen LogP contribution < -0.4 is 25.5 Å². The molecule has 1 aromatic carbocycles. The van der Waals surface area contributed by atoms with Gasteiger partial charge in [0.15, 0.2) is 11.5 Å². The highest BCUT2D eigenvalue weighted by atomic mass is 35.5. The average Bonchev–Trinajstić information content (AvgIpc) is 2.91. The van der Waals surface area contributed by atoms with Gasteiger partial charge < -0.3 is 14.4 Å². The third-order valence-corrected chi connectivity index (χ3v) is 6.54. The molecule has 0 atom stereocenters. The highest BCUT2D eigenvalue weighted by Crippen LogP contribution is 2.26. The van der Waals surface area contributed by atoms with E-state index in [2.05, 4.69) is 20.0 Å². The van der Waals surface area contributed by atoms with Crippen molar-refractivity contribution in [3.63, 3.8) is 0 Å². The number of anilines is 1. The summed E-state index contributed by atoms with van der Waals surface area (Å²) < 4.78 is 14.0. The van der Waals surface area contributed by atoms with Gasteiger partial charge in [0.2, 0.25) is 0 Å². The number of unbranched alkanes of at least 4 members (excludes halogenated alkanes) is 1. The summed E-state index contributed by atoms with van der Waals surface area (Å²) >= 11 is 6.46. The fraction of sp³-hybridized carbons (Fsp3) is 0.440. The van der Waals surface area contributed by atoms with Gasteiger partial charge in [-0.3, -0.25) is 14.5 Å². The summed E-state index contributed by atoms with van der Waals surface area (Å²) in [4.78, 5) is 28.9. The van der Waals surface area contributed by atoms with Gasteiger partial charge in [0.05, 0.1) is 19.0 Å². The molecule has 0 unspecified atom stereocenters. The van der Waals surface area contributed by atoms with Crippen LogP contribution in [0.4, 0.5) is 5.69 Å². The number of aromatic nitrogens is 4. The second-order valence-electron chi connectivity index (χ2n) is 8.49. The van der Waals surface area contributed by atoms with Crippen molar-refractivity contribution in [1.82, 2.24) is 24.5 Å². The second-order valence-corrected chi connectivity index (χ2v) is 8.87. The van der Waals surface area contributed by atoms with Crippen LogP contribution in [0, 0.1) is 0 Å². The molecular weight excluding hydrogens is 484 g/mol. The van der Waals surface area contributed by atoms with Crippen molar-refractivity contribution in [1.29, 1.82) is 0 Å². The van der Waals surface area contributed by atoms with Crippen molar-refractivity contribution in [3.05, 3.63) is 74.5 Å². The van der Waals surface area contributed by atoms with E-state index >= 15 is 0 Å². The van der Waals surface area contributed by atoms with E-state index in [0.29, 0.717) is 38.2 Å². The molecule has 4 rings (SSSR count). The van der Waals surface area contributed by atoms with E-state index in [-0.39, 0.29) is 16.1 Å². The van der Waals surface area contributed by atoms with Crippen molar-refractivity contribution in [2.45, 2.75) is 25.9 Å². The maximum atomic E-state index is 12.8. The third kappa shape index (κ3) is 6.44. The van der Waals surface area contributed by atoms with E-state index in [1.807, 2.05) is 24.3 Å². The van der Waals surface area contributed by atoms with Crippen molar-refractivity contribution in [2.75, 3.05) is 51.3 Å². The number of hydrogen-bond acceptors (Lipinski definition) is 8. The summed E-state index contributed by atoms with van der Waals surface area (Å²) in [5.41, 5.74) is 0.240. The molecule has 0 aliphatic carbocycles. The Balaban J connectivity index is 1.24. The predicted molar refractivity (Wildman–Crippen MR) is 138 cm³/mol. The quantitative estimate of drug-likeness (QED) is 0.359. The highest BCUT2D eigenvalue weighted by molar-refractivity contribution is 6.33. The lowest BCUT2D eigenvalue weighted by atomic mass is 10.2. The van der Waals surface area contributed by atoms with Gasteiger partial charge in [-0.2, -0.15) is 10.2 Å². The van der Waals surface area contributed by atoms with E-state index in [1.54, 1.807) is 25.6 Å². The number of nitrogens with zero attached hydrogens (tertiary/aromatic N) is 6. The van der Waals surface area contributed by atoms with Crippen molar-refractivity contribution in [3.8, 4) is 11.5 Å². The number of piperazine rings is 1. The Hall–Kier alpha value is -3.37. The number of halogens is 1. The van der Waals surface area contributed by atoms with Crippen molar-refractivity contribution >= 4 is 17.3 Å². The Morgan fingerprint density at radius 3 is 2.33 bits per heavy atom. The molecule has 0 bridgehead atoms. The van der Waals surface area contributed by atoms with Crippen LogP contribution in [-0.4, -0.2) is 70.9 Å². The molecule has 0 saturated carbocycles. The summed E-state index contributed by atoms with van der Waals surface area (Å²) in [5, 5.41) is 8.58. The first-order chi connectivity index (χ1) is 17.6. The van der Waals surface area contributed by atoms with Crippen molar-refractivity contribution in [2.24, 2.45) is 0 Å². The number of benzene rings is 1. The van der Waals surface area contributed by atoms with E-state index in [1.165, 1.54) is 15.4 Å². The standard InChI is InChI=1S/C25H31ClN6O4/c1-35-21-7-2-3-8-22(21)36-18-17-29-13-15-30(16-14-29)20-19-28-32(25(34)24(20)26)12-5-4-11-31-23(33)9-6-10-27-31/h2-3,6-10,19H,4-5,11-18H2,1H3. The summed E-state index contributed by atoms with van der Waals surface area (Å²) in [7, 11) is 1.63. The van der Waals surface area contributed by atoms with Gasteiger partial charge in [-0.15, -0.1) is 0 Å². The molecule has 36 heavy (non-hydrogen) atoms. The monoisotopic (exact) mass is 514 g/mol. The van der Waals surface area contributed by atoms with Crippen LogP contribution in [0.5, 0.6) is 11.5 Å². The minimum Gasteiger partial charge on any atom is -0.493 e. The van der Waals surface area contributed by atoms with E-state index in [0.717, 1.165) is 44.2 Å². The predicted octanol–water partition coefficient (Wildman–Crippen LogP) is 2.14. The maximum absolute atomic E-state index is 12.8. The molecule has 3 heterocycles. The topological polar surface area (TPSA) is 94.7 Å². The summed E-state index contributed by atoms with van der Waals surface area (Å²) in [6.07, 6.45) is 4.64. The zero-order valence-electron chi connectivity index (χ0n) is 20.4. The number of para-hydroxylation sites is 2. The van der Waals surface area contributed by atoms with Gasteiger partial charge >= 0.3 is 0 Å². The van der Waals surface area contributed by atoms with Crippen LogP contribution in [0.25, 0.3) is 0 Å². The fourth-order valence-electron chi connectivity index (χ4n) is 4.15. The highest BCUT2D eigenvalue weighted by Gasteiger charge is 2.21. The normalized spacial score (nSPS) is 14.1. The molecule has 0 spiro atoms. The lowest BCUT2D eigenvalue weighted by Gasteiger charge is -2.36. The minimum atomic E-state index is -0.295. The van der Waals surface area contributed by atoms with E-state index in [4.69, 9.17) is 21.1 Å². The van der Waals surface area contributed by atoms with Gasteiger partial charge in [-0.25, -0.2) is 9.36 Å². The average molecular weight is 515 g/mol. The largest absolute Gasteiger partial charge is 0.493 e. The Bertz CT molecular complexity index is 1260. The van der Waals surface area contributed by atoms with Crippen LogP contribution in [-0.2, 0) is 13.1 Å². The summed E-state index contributed by atoms with van der Waals surface area (Å²) in [5.74, 6) is 1.46. The number of rotatable bonds is 11. The van der Waals surface area contributed by atoms with Crippen LogP contribution in [0.1, 0.15) is 12.8 Å². The van der Waals surface area contributed by atoms with Crippen molar-refractivity contribution < 1.29 is 9.47 Å². The molecule has 0 N–H and O–H groups in total. The molecular formula is C25H31ClN6O4. The van der Waals surface area contributed by atoms with Gasteiger partial charge in [-0.1, -0.05) is 23.7 Å². The molecule has 3 aromatic rings. The third-order valence-electron chi connectivity index (χ3n) is 6.19. The first-order valence-corrected chi connectivity index (χ1v) is 12.5. The fourth-order valence-corrected chi connectivity index (χ4v) is 4.42. The van der Waals surface area contributed by atoms with E-state index < -0.39 is 0 Å². The Labute approximate surface area is 214 Å². The van der Waals surface area contributed by atoms with Crippen LogP contribution in [0.3, 0.4) is 0 Å². The lowest BCUT2D eigenvalue weighted by Crippen LogP contribution is -2.48. The van der Waals surface area contributed by atoms with Gasteiger partial charge in [0.1, 0.15) is 11.6 Å². The molecule has 1 saturated heterocycles. The van der Waals surface area contributed by atoms with E-state index in [9.17, 15) is 9.59 Å². The first kappa shape index (κ1) is 25.7. The smallest absolute Gasteiger partial charge is 0.287 e. The molecule has 1 aliphatic heterocycles. The van der Waals surface area contributed by atoms with Gasteiger partial charge in [0.25, 0.3) is 11.1 Å². The molecule has 11 heteroatoms. The molecule has 0 amide bonds. The van der Waals surface area contributed by atoms with Gasteiger partial charge in [-0.05, 0) is 31.0 Å². The first-order valence-electron chi connectivity index (χ1n) is 12.1. The zero-order valence-corrected chi connectivity index (χ0v) is 21.1. The molecule has 10 nitrogen and oxygen atoms in total. The number of hydrogen-bond donors (Lipinski definition) is 0.